The van der Waals surface area contributed by atoms with Crippen molar-refractivity contribution < 1.29 is 0 Å². The Morgan fingerprint density at radius 3 is 2.21 bits per heavy atom. The number of rotatable bonds is 14. The first kappa shape index (κ1) is 37.4. The van der Waals surface area contributed by atoms with Crippen LogP contribution in [0.4, 0.5) is 11.4 Å². The number of aromatic nitrogens is 1. The molecule has 5 nitrogen and oxygen atoms in total. The van der Waals surface area contributed by atoms with Gasteiger partial charge in [-0.15, -0.1) is 0 Å². The number of nitrogens with zero attached hydrogens (tertiary/aromatic N) is 1. The van der Waals surface area contributed by atoms with Gasteiger partial charge in [0.15, 0.2) is 0 Å². The first-order chi connectivity index (χ1) is 28.1. The first-order valence-electron chi connectivity index (χ1n) is 19.8. The highest BCUT2D eigenvalue weighted by Crippen LogP contribution is 2.36. The molecule has 5 heteroatoms. The molecular weight excluding hydrogens is 695 g/mol. The summed E-state index contributed by atoms with van der Waals surface area (Å²) in [6.45, 7) is 7.04. The zero-order valence-electron chi connectivity index (χ0n) is 32.4. The second-order valence-corrected chi connectivity index (χ2v) is 14.4. The van der Waals surface area contributed by atoms with E-state index < -0.39 is 0 Å². The van der Waals surface area contributed by atoms with Gasteiger partial charge in [0.2, 0.25) is 0 Å². The molecule has 0 bridgehead atoms. The Kier molecular flexibility index (Phi) is 11.5. The van der Waals surface area contributed by atoms with E-state index in [9.17, 15) is 0 Å². The Balaban J connectivity index is 1.10. The molecule has 6 aromatic carbocycles. The molecule has 5 N–H and O–H groups in total. The lowest BCUT2D eigenvalue weighted by molar-refractivity contribution is 0.405. The monoisotopic (exact) mass is 743 g/mol. The molecule has 1 aromatic heterocycles. The van der Waals surface area contributed by atoms with Crippen LogP contribution in [0.3, 0.4) is 0 Å². The van der Waals surface area contributed by atoms with Crippen molar-refractivity contribution in [2.24, 2.45) is 5.73 Å². The van der Waals surface area contributed by atoms with Gasteiger partial charge in [-0.25, -0.2) is 0 Å². The fraction of sp³-hybridized carbons (Fsp3) is 0.115. The summed E-state index contributed by atoms with van der Waals surface area (Å²) in [6, 6.07) is 53.6. The summed E-state index contributed by atoms with van der Waals surface area (Å²) in [5.74, 6) is 0. The molecular formula is C52H49N5. The van der Waals surface area contributed by atoms with Gasteiger partial charge in [-0.05, 0) is 102 Å². The van der Waals surface area contributed by atoms with Gasteiger partial charge in [0.25, 0.3) is 0 Å². The molecule has 0 spiro atoms. The van der Waals surface area contributed by atoms with E-state index in [0.717, 1.165) is 57.7 Å². The third-order valence-corrected chi connectivity index (χ3v) is 10.7. The fourth-order valence-corrected chi connectivity index (χ4v) is 8.00. The Morgan fingerprint density at radius 2 is 1.47 bits per heavy atom. The van der Waals surface area contributed by atoms with Crippen LogP contribution in [0.15, 0.2) is 200 Å². The van der Waals surface area contributed by atoms with E-state index in [-0.39, 0.29) is 12.2 Å². The smallest absolute Gasteiger partial charge is 0.0852 e. The SMILES string of the molecule is C=C(/C=C(\C=CC)c1cccc(-n2c3ccccc3c3ccccc32)c1)c1ccccc1Nc1cccc(C(NC(NCN)c2ccccc2)C2=CC=CCC2)c1. The maximum atomic E-state index is 6.05. The van der Waals surface area contributed by atoms with Crippen molar-refractivity contribution in [2.45, 2.75) is 32.0 Å². The molecule has 0 radical (unpaired) electrons. The second-order valence-electron chi connectivity index (χ2n) is 14.4. The van der Waals surface area contributed by atoms with E-state index in [1.165, 1.54) is 32.9 Å². The largest absolute Gasteiger partial charge is 0.355 e. The van der Waals surface area contributed by atoms with Crippen molar-refractivity contribution in [3.63, 3.8) is 0 Å². The zero-order valence-corrected chi connectivity index (χ0v) is 32.4. The summed E-state index contributed by atoms with van der Waals surface area (Å²) in [5.41, 5.74) is 19.4. The quantitative estimate of drug-likeness (QED) is 0.0661. The van der Waals surface area contributed by atoms with Crippen LogP contribution >= 0.6 is 0 Å². The van der Waals surface area contributed by atoms with E-state index in [1.54, 1.807) is 0 Å². The summed E-state index contributed by atoms with van der Waals surface area (Å²) in [5, 5.41) is 13.6. The summed E-state index contributed by atoms with van der Waals surface area (Å²) >= 11 is 0. The third kappa shape index (κ3) is 8.23. The topological polar surface area (TPSA) is 67.0 Å². The first-order valence-corrected chi connectivity index (χ1v) is 19.8. The Labute approximate surface area is 336 Å². The van der Waals surface area contributed by atoms with Crippen molar-refractivity contribution in [1.82, 2.24) is 15.2 Å². The Morgan fingerprint density at radius 1 is 0.772 bits per heavy atom. The predicted molar refractivity (Wildman–Crippen MR) is 242 cm³/mol. The van der Waals surface area contributed by atoms with Crippen molar-refractivity contribution in [1.29, 1.82) is 0 Å². The number of nitrogens with one attached hydrogen (secondary N) is 3. The average molecular weight is 744 g/mol. The highest BCUT2D eigenvalue weighted by molar-refractivity contribution is 6.09. The highest BCUT2D eigenvalue weighted by Gasteiger charge is 2.22. The van der Waals surface area contributed by atoms with Gasteiger partial charge >= 0.3 is 0 Å². The maximum absolute atomic E-state index is 6.05. The number of anilines is 2. The van der Waals surface area contributed by atoms with Crippen LogP contribution in [-0.2, 0) is 0 Å². The number of hydrogen-bond donors (Lipinski definition) is 4. The molecule has 1 aliphatic rings. The van der Waals surface area contributed by atoms with Gasteiger partial charge in [0.1, 0.15) is 0 Å². The van der Waals surface area contributed by atoms with E-state index in [2.05, 4.69) is 216 Å². The van der Waals surface area contributed by atoms with Crippen LogP contribution in [0.5, 0.6) is 0 Å². The lowest BCUT2D eigenvalue weighted by atomic mass is 9.91. The predicted octanol–water partition coefficient (Wildman–Crippen LogP) is 12.3. The van der Waals surface area contributed by atoms with Gasteiger partial charge in [-0.2, -0.15) is 0 Å². The number of allylic oxidation sites excluding steroid dienone is 8. The molecule has 8 rings (SSSR count). The van der Waals surface area contributed by atoms with Crippen LogP contribution in [0.1, 0.15) is 54.2 Å². The molecule has 2 atom stereocenters. The maximum Gasteiger partial charge on any atom is 0.0852 e. The molecule has 1 aliphatic carbocycles. The lowest BCUT2D eigenvalue weighted by Gasteiger charge is -2.30. The molecule has 57 heavy (non-hydrogen) atoms. The van der Waals surface area contributed by atoms with E-state index in [0.29, 0.717) is 6.67 Å². The summed E-state index contributed by atoms with van der Waals surface area (Å²) in [4.78, 5) is 0. The van der Waals surface area contributed by atoms with Crippen LogP contribution < -0.4 is 21.7 Å². The minimum atomic E-state index is -0.116. The van der Waals surface area contributed by atoms with E-state index in [4.69, 9.17) is 5.73 Å². The average Bonchev–Trinajstić information content (AvgIpc) is 3.60. The molecule has 0 fully saturated rings. The molecule has 282 valence electrons. The molecule has 0 aliphatic heterocycles. The fourth-order valence-electron chi connectivity index (χ4n) is 8.00. The lowest BCUT2D eigenvalue weighted by Crippen LogP contribution is -2.40. The number of nitrogens with two attached hydrogens (primary N) is 1. The van der Waals surface area contributed by atoms with Gasteiger partial charge in [0.05, 0.1) is 23.2 Å². The van der Waals surface area contributed by atoms with Crippen molar-refractivity contribution in [3.8, 4) is 5.69 Å². The number of fused-ring (bicyclic) bond motifs is 3. The molecule has 0 saturated carbocycles. The minimum Gasteiger partial charge on any atom is -0.355 e. The molecule has 0 saturated heterocycles. The number of para-hydroxylation sites is 3. The highest BCUT2D eigenvalue weighted by atomic mass is 15.2. The number of benzene rings is 6. The van der Waals surface area contributed by atoms with Crippen LogP contribution in [0.25, 0.3) is 38.6 Å². The summed E-state index contributed by atoms with van der Waals surface area (Å²) in [7, 11) is 0. The number of hydrogen-bond acceptors (Lipinski definition) is 4. The summed E-state index contributed by atoms with van der Waals surface area (Å²) < 4.78 is 2.36. The third-order valence-electron chi connectivity index (χ3n) is 10.7. The normalized spacial score (nSPS) is 14.2. The van der Waals surface area contributed by atoms with Gasteiger partial charge in [-0.1, -0.05) is 146 Å². The molecule has 0 amide bonds. The Bertz CT molecular complexity index is 2590. The van der Waals surface area contributed by atoms with Gasteiger partial charge in [0, 0.05) is 40.1 Å². The van der Waals surface area contributed by atoms with E-state index in [1.807, 2.05) is 6.07 Å². The summed E-state index contributed by atoms with van der Waals surface area (Å²) in [6.07, 6.45) is 15.0. The van der Waals surface area contributed by atoms with Crippen LogP contribution in [0, 0.1) is 0 Å². The Hall–Kier alpha value is -6.50. The minimum absolute atomic E-state index is 0.0178. The second kappa shape index (κ2) is 17.5. The molecule has 7 aromatic rings. The molecule has 1 heterocycles. The van der Waals surface area contributed by atoms with Gasteiger partial charge < -0.3 is 15.6 Å². The van der Waals surface area contributed by atoms with Crippen molar-refractivity contribution in [3.05, 3.63) is 223 Å². The van der Waals surface area contributed by atoms with Crippen LogP contribution in [0.2, 0.25) is 0 Å². The van der Waals surface area contributed by atoms with Crippen LogP contribution in [-0.4, -0.2) is 11.2 Å². The van der Waals surface area contributed by atoms with Crippen molar-refractivity contribution >= 4 is 44.3 Å². The van der Waals surface area contributed by atoms with Crippen molar-refractivity contribution in [2.75, 3.05) is 12.0 Å². The standard InChI is InChI=1S/C52H49N5/c1-3-18-40(41-23-17-26-44(35-41)57-49-31-14-11-28-46(49)47-29-12-15-32-50(47)57)33-37(2)45-27-10-13-30-48(45)55-43-25-16-24-42(34-43)51(38-19-6-4-7-20-38)56-52(54-36-53)39-21-8-5-9-22-39/h3-6,8-19,21-35,51-52,54-56H,2,7,20,36,53H2,1H3/b18-3?,40-33+. The molecule has 2 unspecified atom stereocenters. The zero-order chi connectivity index (χ0) is 39.0. The van der Waals surface area contributed by atoms with Gasteiger partial charge in [-0.3, -0.25) is 10.6 Å². The van der Waals surface area contributed by atoms with E-state index >= 15 is 0 Å².